The highest BCUT2D eigenvalue weighted by atomic mass is 16.5. The molecule has 1 saturated heterocycles. The molecule has 5 rings (SSSR count). The van der Waals surface area contributed by atoms with Crippen molar-refractivity contribution in [3.8, 4) is 0 Å². The van der Waals surface area contributed by atoms with Gasteiger partial charge in [-0.05, 0) is 56.9 Å². The van der Waals surface area contributed by atoms with E-state index in [0.29, 0.717) is 6.04 Å². The van der Waals surface area contributed by atoms with Crippen LogP contribution in [0.3, 0.4) is 0 Å². The molecule has 3 heterocycles. The van der Waals surface area contributed by atoms with E-state index in [-0.39, 0.29) is 0 Å². The number of aromatic nitrogens is 3. The predicted molar refractivity (Wildman–Crippen MR) is 104 cm³/mol. The number of ether oxygens (including phenoxy) is 1. The van der Waals surface area contributed by atoms with Crippen molar-refractivity contribution < 1.29 is 4.74 Å². The third kappa shape index (κ3) is 2.84. The first kappa shape index (κ1) is 16.4. The molecule has 4 atom stereocenters. The lowest BCUT2D eigenvalue weighted by Crippen LogP contribution is -2.37. The van der Waals surface area contributed by atoms with Gasteiger partial charge in [0.2, 0.25) is 5.95 Å². The summed E-state index contributed by atoms with van der Waals surface area (Å²) in [4.78, 5) is 15.4. The third-order valence-electron chi connectivity index (χ3n) is 6.70. The molecule has 6 heteroatoms. The molecule has 6 nitrogen and oxygen atoms in total. The Morgan fingerprint density at radius 1 is 1.23 bits per heavy atom. The van der Waals surface area contributed by atoms with Gasteiger partial charge in [-0.3, -0.25) is 0 Å². The fraction of sp³-hybridized carbons (Fsp3) is 0.700. The topological polar surface area (TPSA) is 66.1 Å². The number of hydrogen-bond acceptors (Lipinski definition) is 5. The van der Waals surface area contributed by atoms with Crippen molar-refractivity contribution in [3.05, 3.63) is 11.8 Å². The summed E-state index contributed by atoms with van der Waals surface area (Å²) in [6.07, 6.45) is 5.69. The standard InChI is InChI=1S/C20H29N5O/c1-12-9-17-18(21-12)23-20(25-5-7-26-8-6-25)24-19(17)22-13(2)16-11-14-3-4-15(16)10-14/h9,13-16H,3-8,10-11H2,1-2H3,(H2,21,22,23,24). The maximum Gasteiger partial charge on any atom is 0.229 e. The summed E-state index contributed by atoms with van der Waals surface area (Å²) in [7, 11) is 0. The maximum atomic E-state index is 5.48. The highest BCUT2D eigenvalue weighted by molar-refractivity contribution is 5.89. The lowest BCUT2D eigenvalue weighted by molar-refractivity contribution is 0.122. The molecule has 0 spiro atoms. The minimum absolute atomic E-state index is 0.455. The molecule has 1 aliphatic heterocycles. The van der Waals surface area contributed by atoms with E-state index in [0.717, 1.165) is 72.6 Å². The van der Waals surface area contributed by atoms with Crippen LogP contribution in [0.15, 0.2) is 6.07 Å². The van der Waals surface area contributed by atoms with Crippen molar-refractivity contribution in [2.45, 2.75) is 45.6 Å². The van der Waals surface area contributed by atoms with E-state index in [9.17, 15) is 0 Å². The number of anilines is 2. The first-order valence-corrected chi connectivity index (χ1v) is 10.1. The van der Waals surface area contributed by atoms with E-state index in [2.05, 4.69) is 35.1 Å². The molecule has 0 aromatic carbocycles. The van der Waals surface area contributed by atoms with Crippen LogP contribution >= 0.6 is 0 Å². The average Bonchev–Trinajstić information content (AvgIpc) is 3.37. The number of nitrogens with one attached hydrogen (secondary N) is 2. The highest BCUT2D eigenvalue weighted by Crippen LogP contribution is 2.50. The van der Waals surface area contributed by atoms with Crippen LogP contribution in [-0.2, 0) is 4.74 Å². The summed E-state index contributed by atoms with van der Waals surface area (Å²) < 4.78 is 5.48. The van der Waals surface area contributed by atoms with Gasteiger partial charge in [0, 0.05) is 24.8 Å². The van der Waals surface area contributed by atoms with Crippen LogP contribution in [0.5, 0.6) is 0 Å². The first-order valence-electron chi connectivity index (χ1n) is 10.1. The Balaban J connectivity index is 1.45. The zero-order valence-electron chi connectivity index (χ0n) is 15.8. The summed E-state index contributed by atoms with van der Waals surface area (Å²) in [5.41, 5.74) is 2.06. The molecule has 26 heavy (non-hydrogen) atoms. The van der Waals surface area contributed by atoms with Gasteiger partial charge in [-0.2, -0.15) is 9.97 Å². The number of aromatic amines is 1. The minimum atomic E-state index is 0.455. The molecule has 3 aliphatic rings. The first-order chi connectivity index (χ1) is 12.7. The Labute approximate surface area is 154 Å². The van der Waals surface area contributed by atoms with Crippen molar-refractivity contribution in [1.82, 2.24) is 15.0 Å². The van der Waals surface area contributed by atoms with Crippen molar-refractivity contribution in [2.24, 2.45) is 17.8 Å². The number of aryl methyl sites for hydroxylation is 1. The quantitative estimate of drug-likeness (QED) is 0.880. The molecule has 140 valence electrons. The summed E-state index contributed by atoms with van der Waals surface area (Å²) in [5.74, 6) is 4.46. The second-order valence-corrected chi connectivity index (χ2v) is 8.46. The van der Waals surface area contributed by atoms with Crippen molar-refractivity contribution in [2.75, 3.05) is 36.5 Å². The summed E-state index contributed by atoms with van der Waals surface area (Å²) >= 11 is 0. The number of hydrogen-bond donors (Lipinski definition) is 2. The Bertz CT molecular complexity index is 797. The van der Waals surface area contributed by atoms with Gasteiger partial charge in [-0.25, -0.2) is 0 Å². The van der Waals surface area contributed by atoms with Gasteiger partial charge in [0.05, 0.1) is 18.6 Å². The molecule has 2 saturated carbocycles. The molecule has 3 fully saturated rings. The molecule has 2 N–H and O–H groups in total. The Morgan fingerprint density at radius 2 is 2.08 bits per heavy atom. The molecule has 4 unspecified atom stereocenters. The predicted octanol–water partition coefficient (Wildman–Crippen LogP) is 3.34. The second-order valence-electron chi connectivity index (χ2n) is 8.46. The number of H-pyrrole nitrogens is 1. The van der Waals surface area contributed by atoms with Gasteiger partial charge >= 0.3 is 0 Å². The van der Waals surface area contributed by atoms with Crippen LogP contribution in [-0.4, -0.2) is 47.3 Å². The summed E-state index contributed by atoms with van der Waals surface area (Å²) in [5, 5.41) is 4.88. The molecular formula is C20H29N5O. The van der Waals surface area contributed by atoms with Gasteiger partial charge in [0.1, 0.15) is 11.5 Å². The van der Waals surface area contributed by atoms with E-state index < -0.39 is 0 Å². The van der Waals surface area contributed by atoms with Gasteiger partial charge in [-0.1, -0.05) is 6.42 Å². The zero-order valence-corrected chi connectivity index (χ0v) is 15.8. The minimum Gasteiger partial charge on any atom is -0.378 e. The third-order valence-corrected chi connectivity index (χ3v) is 6.70. The van der Waals surface area contributed by atoms with E-state index >= 15 is 0 Å². The number of rotatable bonds is 4. The SMILES string of the molecule is Cc1cc2c(NC(C)C3CC4CCC3C4)nc(N3CCOCC3)nc2[nH]1. The van der Waals surface area contributed by atoms with Crippen LogP contribution in [0.1, 0.15) is 38.3 Å². The summed E-state index contributed by atoms with van der Waals surface area (Å²) in [6.45, 7) is 7.62. The normalized spacial score (nSPS) is 29.5. The van der Waals surface area contributed by atoms with E-state index in [1.54, 1.807) is 0 Å². The van der Waals surface area contributed by atoms with Gasteiger partial charge in [0.15, 0.2) is 0 Å². The lowest BCUT2D eigenvalue weighted by Gasteiger charge is -2.30. The van der Waals surface area contributed by atoms with Crippen LogP contribution in [0.4, 0.5) is 11.8 Å². The van der Waals surface area contributed by atoms with E-state index in [4.69, 9.17) is 14.7 Å². The monoisotopic (exact) mass is 355 g/mol. The number of fused-ring (bicyclic) bond motifs is 3. The molecule has 2 aromatic rings. The second kappa shape index (κ2) is 6.41. The number of morpholine rings is 1. The Hall–Kier alpha value is -1.82. The van der Waals surface area contributed by atoms with Crippen LogP contribution in [0.25, 0.3) is 11.0 Å². The average molecular weight is 355 g/mol. The molecule has 2 aliphatic carbocycles. The summed E-state index contributed by atoms with van der Waals surface area (Å²) in [6, 6.07) is 2.62. The number of nitrogens with zero attached hydrogens (tertiary/aromatic N) is 3. The maximum absolute atomic E-state index is 5.48. The molecule has 0 radical (unpaired) electrons. The Kier molecular flexibility index (Phi) is 4.03. The van der Waals surface area contributed by atoms with Crippen LogP contribution in [0.2, 0.25) is 0 Å². The van der Waals surface area contributed by atoms with E-state index in [1.807, 2.05) is 0 Å². The Morgan fingerprint density at radius 3 is 2.81 bits per heavy atom. The fourth-order valence-electron chi connectivity index (χ4n) is 5.37. The zero-order chi connectivity index (χ0) is 17.7. The van der Waals surface area contributed by atoms with Gasteiger partial charge < -0.3 is 19.9 Å². The fourth-order valence-corrected chi connectivity index (χ4v) is 5.37. The molecular weight excluding hydrogens is 326 g/mol. The molecule has 2 aromatic heterocycles. The van der Waals surface area contributed by atoms with Crippen LogP contribution < -0.4 is 10.2 Å². The lowest BCUT2D eigenvalue weighted by atomic mass is 9.84. The van der Waals surface area contributed by atoms with Crippen molar-refractivity contribution in [3.63, 3.8) is 0 Å². The van der Waals surface area contributed by atoms with Crippen molar-refractivity contribution in [1.29, 1.82) is 0 Å². The smallest absolute Gasteiger partial charge is 0.229 e. The molecule has 0 amide bonds. The largest absolute Gasteiger partial charge is 0.378 e. The molecule has 2 bridgehead atoms. The highest BCUT2D eigenvalue weighted by Gasteiger charge is 2.42. The van der Waals surface area contributed by atoms with Gasteiger partial charge in [0.25, 0.3) is 0 Å². The van der Waals surface area contributed by atoms with Crippen molar-refractivity contribution >= 4 is 22.8 Å². The van der Waals surface area contributed by atoms with Crippen LogP contribution in [0, 0.1) is 24.7 Å². The van der Waals surface area contributed by atoms with Gasteiger partial charge in [-0.15, -0.1) is 0 Å². The van der Waals surface area contributed by atoms with E-state index in [1.165, 1.54) is 25.7 Å².